The third kappa shape index (κ3) is 5.87. The first-order chi connectivity index (χ1) is 20.3. The SMILES string of the molecule is CCOc1ccc([C@@H]2C(C(=O)Nc3ccccc3)=C(C)N=c3s/c(=C\c4cccc(OC)c4OC(C)C)c(=O)n32)cc1. The number of nitrogens with one attached hydrogen (secondary N) is 1. The highest BCUT2D eigenvalue weighted by atomic mass is 32.1. The summed E-state index contributed by atoms with van der Waals surface area (Å²) in [5.41, 5.74) is 2.81. The number of ether oxygens (including phenoxy) is 3. The highest BCUT2D eigenvalue weighted by molar-refractivity contribution is 7.07. The van der Waals surface area contributed by atoms with Gasteiger partial charge in [0.05, 0.1) is 41.7 Å². The summed E-state index contributed by atoms with van der Waals surface area (Å²) in [5.74, 6) is 1.52. The Hall–Kier alpha value is -4.63. The second-order valence-corrected chi connectivity index (χ2v) is 11.0. The lowest BCUT2D eigenvalue weighted by Crippen LogP contribution is -2.40. The molecule has 1 aliphatic rings. The predicted molar refractivity (Wildman–Crippen MR) is 165 cm³/mol. The number of methoxy groups -OCH3 is 1. The summed E-state index contributed by atoms with van der Waals surface area (Å²) < 4.78 is 19.3. The Morgan fingerprint density at radius 2 is 1.81 bits per heavy atom. The van der Waals surface area contributed by atoms with Gasteiger partial charge in [0.15, 0.2) is 16.3 Å². The van der Waals surface area contributed by atoms with Crippen LogP contribution in [0.25, 0.3) is 6.08 Å². The van der Waals surface area contributed by atoms with Gasteiger partial charge < -0.3 is 19.5 Å². The largest absolute Gasteiger partial charge is 0.494 e. The van der Waals surface area contributed by atoms with Crippen molar-refractivity contribution in [2.75, 3.05) is 19.0 Å². The summed E-state index contributed by atoms with van der Waals surface area (Å²) in [4.78, 5) is 33.1. The number of hydrogen-bond acceptors (Lipinski definition) is 7. The minimum absolute atomic E-state index is 0.0948. The second kappa shape index (κ2) is 12.5. The molecular weight excluding hydrogens is 550 g/mol. The van der Waals surface area contributed by atoms with Crippen LogP contribution in [0.5, 0.6) is 17.2 Å². The Morgan fingerprint density at radius 1 is 1.07 bits per heavy atom. The van der Waals surface area contributed by atoms with Crippen molar-refractivity contribution in [2.24, 2.45) is 4.99 Å². The van der Waals surface area contributed by atoms with E-state index in [2.05, 4.69) is 5.32 Å². The van der Waals surface area contributed by atoms with Crippen molar-refractivity contribution >= 4 is 29.0 Å². The smallest absolute Gasteiger partial charge is 0.271 e. The van der Waals surface area contributed by atoms with Gasteiger partial charge in [0.25, 0.3) is 11.5 Å². The summed E-state index contributed by atoms with van der Waals surface area (Å²) in [6.45, 7) is 8.13. The van der Waals surface area contributed by atoms with Crippen LogP contribution < -0.4 is 34.4 Å². The molecule has 9 heteroatoms. The lowest BCUT2D eigenvalue weighted by molar-refractivity contribution is -0.113. The Labute approximate surface area is 248 Å². The van der Waals surface area contributed by atoms with Crippen molar-refractivity contribution in [1.29, 1.82) is 0 Å². The average molecular weight is 584 g/mol. The number of amides is 1. The average Bonchev–Trinajstić information content (AvgIpc) is 3.28. The maximum absolute atomic E-state index is 14.1. The van der Waals surface area contributed by atoms with Gasteiger partial charge in [-0.05, 0) is 69.7 Å². The van der Waals surface area contributed by atoms with E-state index in [1.165, 1.54) is 11.3 Å². The van der Waals surface area contributed by atoms with E-state index < -0.39 is 6.04 Å². The van der Waals surface area contributed by atoms with Crippen molar-refractivity contribution in [3.63, 3.8) is 0 Å². The van der Waals surface area contributed by atoms with Crippen LogP contribution in [0, 0.1) is 0 Å². The zero-order valence-corrected chi connectivity index (χ0v) is 25.0. The number of thiazole rings is 1. The normalized spacial score (nSPS) is 14.8. The highest BCUT2D eigenvalue weighted by Gasteiger charge is 2.32. The molecule has 5 rings (SSSR count). The van der Waals surface area contributed by atoms with Gasteiger partial charge in [-0.3, -0.25) is 14.2 Å². The van der Waals surface area contributed by atoms with E-state index in [4.69, 9.17) is 19.2 Å². The van der Waals surface area contributed by atoms with Crippen molar-refractivity contribution in [3.05, 3.63) is 115 Å². The summed E-state index contributed by atoms with van der Waals surface area (Å²) in [6, 6.07) is 21.6. The van der Waals surface area contributed by atoms with Gasteiger partial charge >= 0.3 is 0 Å². The summed E-state index contributed by atoms with van der Waals surface area (Å²) in [7, 11) is 1.59. The predicted octanol–water partition coefficient (Wildman–Crippen LogP) is 5.07. The molecule has 216 valence electrons. The number of carbonyl (C=O) groups is 1. The van der Waals surface area contributed by atoms with Crippen LogP contribution in [0.15, 0.2) is 93.9 Å². The van der Waals surface area contributed by atoms with E-state index >= 15 is 0 Å². The fraction of sp³-hybridized carbons (Fsp3) is 0.242. The maximum atomic E-state index is 14.1. The van der Waals surface area contributed by atoms with Crippen molar-refractivity contribution in [2.45, 2.75) is 39.8 Å². The molecule has 8 nitrogen and oxygen atoms in total. The van der Waals surface area contributed by atoms with Crippen LogP contribution in [0.4, 0.5) is 5.69 Å². The zero-order valence-electron chi connectivity index (χ0n) is 24.2. The number of aromatic nitrogens is 1. The van der Waals surface area contributed by atoms with Gasteiger partial charge in [-0.2, -0.15) is 0 Å². The van der Waals surface area contributed by atoms with E-state index in [0.29, 0.717) is 55.7 Å². The molecule has 1 aromatic heterocycles. The first-order valence-corrected chi connectivity index (χ1v) is 14.6. The molecule has 0 saturated heterocycles. The van der Waals surface area contributed by atoms with Crippen LogP contribution in [-0.4, -0.2) is 30.3 Å². The van der Waals surface area contributed by atoms with E-state index in [-0.39, 0.29) is 17.6 Å². The number of hydrogen-bond donors (Lipinski definition) is 1. The summed E-state index contributed by atoms with van der Waals surface area (Å²) in [5, 5.41) is 2.98. The second-order valence-electron chi connectivity index (χ2n) is 9.95. The number of anilines is 1. The van der Waals surface area contributed by atoms with Crippen LogP contribution in [-0.2, 0) is 4.79 Å². The molecule has 0 radical (unpaired) electrons. The van der Waals surface area contributed by atoms with Crippen molar-refractivity contribution < 1.29 is 19.0 Å². The molecule has 1 aliphatic heterocycles. The monoisotopic (exact) mass is 583 g/mol. The fourth-order valence-electron chi connectivity index (χ4n) is 4.87. The molecule has 1 N–H and O–H groups in total. The number of para-hydroxylation sites is 2. The molecule has 0 spiro atoms. The van der Waals surface area contributed by atoms with Gasteiger partial charge in [-0.1, -0.05) is 53.8 Å². The third-order valence-corrected chi connectivity index (χ3v) is 7.66. The summed E-state index contributed by atoms with van der Waals surface area (Å²) in [6.07, 6.45) is 1.70. The lowest BCUT2D eigenvalue weighted by atomic mass is 9.95. The number of carbonyl (C=O) groups excluding carboxylic acids is 1. The number of nitrogens with zero attached hydrogens (tertiary/aromatic N) is 2. The quantitative estimate of drug-likeness (QED) is 0.297. The van der Waals surface area contributed by atoms with E-state index in [0.717, 1.165) is 5.56 Å². The highest BCUT2D eigenvalue weighted by Crippen LogP contribution is 2.34. The Morgan fingerprint density at radius 3 is 2.48 bits per heavy atom. The molecule has 0 unspecified atom stereocenters. The van der Waals surface area contributed by atoms with E-state index in [1.54, 1.807) is 24.7 Å². The number of fused-ring (bicyclic) bond motifs is 1. The Bertz CT molecular complexity index is 1810. The topological polar surface area (TPSA) is 91.2 Å². The number of rotatable bonds is 9. The molecule has 2 heterocycles. The lowest BCUT2D eigenvalue weighted by Gasteiger charge is -2.25. The van der Waals surface area contributed by atoms with Crippen LogP contribution in [0.2, 0.25) is 0 Å². The zero-order chi connectivity index (χ0) is 29.8. The molecule has 1 atom stereocenters. The molecule has 0 saturated carbocycles. The van der Waals surface area contributed by atoms with Crippen molar-refractivity contribution in [1.82, 2.24) is 4.57 Å². The fourth-order valence-corrected chi connectivity index (χ4v) is 5.91. The maximum Gasteiger partial charge on any atom is 0.271 e. The van der Waals surface area contributed by atoms with Gasteiger partial charge in [-0.25, -0.2) is 4.99 Å². The van der Waals surface area contributed by atoms with Crippen LogP contribution in [0.3, 0.4) is 0 Å². The third-order valence-electron chi connectivity index (χ3n) is 6.67. The minimum atomic E-state index is -0.695. The standard InChI is InChI=1S/C33H33N3O5S/c1-6-40-25-17-15-22(16-18-25)29-28(31(37)35-24-12-8-7-9-13-24)21(4)34-33-36(29)32(38)27(42-33)19-23-11-10-14-26(39-5)30(23)41-20(2)3/h7-20,29H,6H2,1-5H3,(H,35,37)/b27-19-/t29-/m1/s1. The molecule has 3 aromatic carbocycles. The Kier molecular flexibility index (Phi) is 8.59. The molecule has 0 aliphatic carbocycles. The van der Waals surface area contributed by atoms with Crippen molar-refractivity contribution in [3.8, 4) is 17.2 Å². The Balaban J connectivity index is 1.67. The first-order valence-electron chi connectivity index (χ1n) is 13.8. The molecular formula is C33H33N3O5S. The molecule has 0 fully saturated rings. The van der Waals surface area contributed by atoms with Gasteiger partial charge in [0.1, 0.15) is 5.75 Å². The number of allylic oxidation sites excluding steroid dienone is 1. The van der Waals surface area contributed by atoms with Crippen LogP contribution in [0.1, 0.15) is 44.9 Å². The van der Waals surface area contributed by atoms with E-state index in [9.17, 15) is 9.59 Å². The number of benzene rings is 3. The summed E-state index contributed by atoms with van der Waals surface area (Å²) >= 11 is 1.27. The molecule has 0 bridgehead atoms. The van der Waals surface area contributed by atoms with E-state index in [1.807, 2.05) is 93.6 Å². The minimum Gasteiger partial charge on any atom is -0.494 e. The van der Waals surface area contributed by atoms with Gasteiger partial charge in [0.2, 0.25) is 0 Å². The molecule has 42 heavy (non-hydrogen) atoms. The van der Waals surface area contributed by atoms with Gasteiger partial charge in [-0.15, -0.1) is 0 Å². The molecule has 1 amide bonds. The molecule has 4 aromatic rings. The first kappa shape index (κ1) is 28.9. The van der Waals surface area contributed by atoms with Gasteiger partial charge in [0, 0.05) is 11.3 Å². The van der Waals surface area contributed by atoms with Crippen LogP contribution >= 0.6 is 11.3 Å².